The van der Waals surface area contributed by atoms with Crippen molar-refractivity contribution in [3.8, 4) is 11.3 Å². The van der Waals surface area contributed by atoms with Crippen LogP contribution in [0.2, 0.25) is 5.02 Å². The normalized spacial score (nSPS) is 23.7. The summed E-state index contributed by atoms with van der Waals surface area (Å²) in [6.07, 6.45) is 5.85. The topological polar surface area (TPSA) is 58.4 Å². The number of carbonyl (C=O) groups excluding carboxylic acids is 1. The lowest BCUT2D eigenvalue weighted by Crippen LogP contribution is -2.61. The largest absolute Gasteiger partial charge is 0.356 e. The molecule has 1 aliphatic heterocycles. The van der Waals surface area contributed by atoms with Crippen LogP contribution in [0.5, 0.6) is 0 Å². The number of piperazine rings is 1. The fourth-order valence-corrected chi connectivity index (χ4v) is 4.84. The number of hydrogen-bond acceptors (Lipinski definition) is 4. The second-order valence-corrected chi connectivity index (χ2v) is 9.36. The first kappa shape index (κ1) is 20.4. The average Bonchev–Trinajstić information content (AvgIpc) is 3.37. The Labute approximate surface area is 177 Å². The fourth-order valence-electron chi connectivity index (χ4n) is 4.72. The van der Waals surface area contributed by atoms with Crippen LogP contribution in [-0.4, -0.2) is 34.6 Å². The molecule has 156 valence electrons. The van der Waals surface area contributed by atoms with E-state index in [9.17, 15) is 4.79 Å². The van der Waals surface area contributed by atoms with E-state index in [-0.39, 0.29) is 18.0 Å². The molecule has 0 spiro atoms. The minimum atomic E-state index is -0.108. The van der Waals surface area contributed by atoms with Gasteiger partial charge in [0.2, 0.25) is 5.91 Å². The minimum Gasteiger partial charge on any atom is -0.356 e. The van der Waals surface area contributed by atoms with Crippen LogP contribution in [0.25, 0.3) is 11.3 Å². The average molecular weight is 416 g/mol. The number of nitrogens with one attached hydrogen (secondary N) is 1. The summed E-state index contributed by atoms with van der Waals surface area (Å²) in [7, 11) is 0. The first-order valence-electron chi connectivity index (χ1n) is 10.8. The molecule has 0 radical (unpaired) electrons. The number of hydrogen-bond donors (Lipinski definition) is 1. The van der Waals surface area contributed by atoms with E-state index in [1.807, 2.05) is 30.3 Å². The van der Waals surface area contributed by atoms with Crippen molar-refractivity contribution < 1.29 is 9.32 Å². The third kappa shape index (κ3) is 4.84. The van der Waals surface area contributed by atoms with E-state index in [4.69, 9.17) is 16.1 Å². The van der Waals surface area contributed by atoms with Gasteiger partial charge in [-0.05, 0) is 55.4 Å². The van der Waals surface area contributed by atoms with Gasteiger partial charge >= 0.3 is 0 Å². The summed E-state index contributed by atoms with van der Waals surface area (Å²) in [6, 6.07) is 9.67. The Morgan fingerprint density at radius 1 is 1.24 bits per heavy atom. The molecule has 1 saturated carbocycles. The quantitative estimate of drug-likeness (QED) is 0.728. The van der Waals surface area contributed by atoms with Crippen molar-refractivity contribution in [2.45, 2.75) is 64.6 Å². The summed E-state index contributed by atoms with van der Waals surface area (Å²) >= 11 is 5.98. The zero-order valence-electron chi connectivity index (χ0n) is 17.2. The van der Waals surface area contributed by atoms with E-state index in [1.165, 1.54) is 25.7 Å². The number of nitrogens with zero attached hydrogens (tertiary/aromatic N) is 2. The lowest BCUT2D eigenvalue weighted by Gasteiger charge is -2.41. The summed E-state index contributed by atoms with van der Waals surface area (Å²) in [5, 5.41) is 8.31. The molecule has 6 heteroatoms. The highest BCUT2D eigenvalue weighted by Gasteiger charge is 2.38. The molecule has 5 nitrogen and oxygen atoms in total. The van der Waals surface area contributed by atoms with Crippen LogP contribution < -0.4 is 5.32 Å². The van der Waals surface area contributed by atoms with Crippen molar-refractivity contribution in [2.75, 3.05) is 6.54 Å². The lowest BCUT2D eigenvalue weighted by atomic mass is 9.91. The Morgan fingerprint density at radius 2 is 1.97 bits per heavy atom. The summed E-state index contributed by atoms with van der Waals surface area (Å²) in [5.41, 5.74) is 1.82. The van der Waals surface area contributed by atoms with Crippen molar-refractivity contribution in [3.05, 3.63) is 41.0 Å². The van der Waals surface area contributed by atoms with Gasteiger partial charge in [0, 0.05) is 35.8 Å². The van der Waals surface area contributed by atoms with Gasteiger partial charge in [-0.25, -0.2) is 0 Å². The van der Waals surface area contributed by atoms with Crippen LogP contribution in [-0.2, 0) is 11.3 Å². The predicted octanol–water partition coefficient (Wildman–Crippen LogP) is 4.90. The van der Waals surface area contributed by atoms with Crippen molar-refractivity contribution in [2.24, 2.45) is 11.8 Å². The molecule has 2 aliphatic rings. The molecule has 29 heavy (non-hydrogen) atoms. The molecule has 1 aliphatic carbocycles. The SMILES string of the molecule is CC(C)C[C@H]1C(=O)N[C@@H](C2CCCC2)CN1Cc1cc(-c2ccc(Cl)cc2)on1. The number of carbonyl (C=O) groups is 1. The maximum atomic E-state index is 12.9. The Kier molecular flexibility index (Phi) is 6.26. The van der Waals surface area contributed by atoms with Crippen LogP contribution >= 0.6 is 11.6 Å². The van der Waals surface area contributed by atoms with Gasteiger partial charge < -0.3 is 9.84 Å². The number of benzene rings is 1. The van der Waals surface area contributed by atoms with E-state index in [2.05, 4.69) is 29.2 Å². The van der Waals surface area contributed by atoms with Crippen molar-refractivity contribution in [3.63, 3.8) is 0 Å². The molecule has 1 N–H and O–H groups in total. The highest BCUT2D eigenvalue weighted by molar-refractivity contribution is 6.30. The third-order valence-electron chi connectivity index (χ3n) is 6.22. The predicted molar refractivity (Wildman–Crippen MR) is 114 cm³/mol. The van der Waals surface area contributed by atoms with Crippen LogP contribution in [0.4, 0.5) is 0 Å². The second-order valence-electron chi connectivity index (χ2n) is 8.92. The molecule has 1 aromatic carbocycles. The first-order valence-corrected chi connectivity index (χ1v) is 11.1. The monoisotopic (exact) mass is 415 g/mol. The molecule has 0 bridgehead atoms. The molecule has 1 aromatic heterocycles. The van der Waals surface area contributed by atoms with Crippen LogP contribution in [0.3, 0.4) is 0 Å². The smallest absolute Gasteiger partial charge is 0.237 e. The van der Waals surface area contributed by atoms with Gasteiger partial charge in [0.15, 0.2) is 5.76 Å². The van der Waals surface area contributed by atoms with E-state index in [0.717, 1.165) is 30.0 Å². The Balaban J connectivity index is 1.51. The Hall–Kier alpha value is -1.85. The number of halogens is 1. The van der Waals surface area contributed by atoms with Crippen LogP contribution in [0.15, 0.2) is 34.9 Å². The van der Waals surface area contributed by atoms with E-state index in [0.29, 0.717) is 23.4 Å². The van der Waals surface area contributed by atoms with E-state index < -0.39 is 0 Å². The number of aromatic nitrogens is 1. The maximum Gasteiger partial charge on any atom is 0.237 e. The number of amides is 1. The third-order valence-corrected chi connectivity index (χ3v) is 6.47. The molecule has 2 aromatic rings. The number of rotatable bonds is 6. The molecule has 2 fully saturated rings. The van der Waals surface area contributed by atoms with Gasteiger partial charge in [0.05, 0.1) is 11.7 Å². The van der Waals surface area contributed by atoms with E-state index in [1.54, 1.807) is 0 Å². The highest BCUT2D eigenvalue weighted by Crippen LogP contribution is 2.31. The molecule has 2 atom stereocenters. The molecule has 4 rings (SSSR count). The van der Waals surface area contributed by atoms with Crippen molar-refractivity contribution in [1.82, 2.24) is 15.4 Å². The van der Waals surface area contributed by atoms with Crippen LogP contribution in [0.1, 0.15) is 51.6 Å². The molecular weight excluding hydrogens is 386 g/mol. The molecule has 2 heterocycles. The minimum absolute atomic E-state index is 0.108. The van der Waals surface area contributed by atoms with Crippen molar-refractivity contribution >= 4 is 17.5 Å². The Morgan fingerprint density at radius 3 is 2.66 bits per heavy atom. The molecular formula is C23H30ClN3O2. The van der Waals surface area contributed by atoms with Gasteiger partial charge in [-0.1, -0.05) is 43.4 Å². The van der Waals surface area contributed by atoms with Crippen LogP contribution in [0, 0.1) is 11.8 Å². The van der Waals surface area contributed by atoms with Gasteiger partial charge in [-0.15, -0.1) is 0 Å². The lowest BCUT2D eigenvalue weighted by molar-refractivity contribution is -0.132. The second kappa shape index (κ2) is 8.88. The summed E-state index contributed by atoms with van der Waals surface area (Å²) < 4.78 is 5.58. The Bertz CT molecular complexity index is 827. The zero-order chi connectivity index (χ0) is 20.4. The molecule has 0 unspecified atom stereocenters. The van der Waals surface area contributed by atoms with Gasteiger partial charge in [-0.3, -0.25) is 9.69 Å². The van der Waals surface area contributed by atoms with Crippen molar-refractivity contribution in [1.29, 1.82) is 0 Å². The molecule has 1 saturated heterocycles. The fraction of sp³-hybridized carbons (Fsp3) is 0.565. The molecule has 1 amide bonds. The summed E-state index contributed by atoms with van der Waals surface area (Å²) in [4.78, 5) is 15.3. The summed E-state index contributed by atoms with van der Waals surface area (Å²) in [5.74, 6) is 1.95. The highest BCUT2D eigenvalue weighted by atomic mass is 35.5. The summed E-state index contributed by atoms with van der Waals surface area (Å²) in [6.45, 7) is 5.86. The standard InChI is InChI=1S/C23H30ClN3O2/c1-15(2)11-21-23(28)25-20(16-5-3-4-6-16)14-27(21)13-19-12-22(29-26-19)17-7-9-18(24)10-8-17/h7-10,12,15-16,20-21H,3-6,11,13-14H2,1-2H3,(H,25,28)/t20-,21+/m1/s1. The van der Waals surface area contributed by atoms with Gasteiger partial charge in [0.25, 0.3) is 0 Å². The maximum absolute atomic E-state index is 12.9. The van der Waals surface area contributed by atoms with E-state index >= 15 is 0 Å². The zero-order valence-corrected chi connectivity index (χ0v) is 18.0. The van der Waals surface area contributed by atoms with Gasteiger partial charge in [-0.2, -0.15) is 0 Å². The van der Waals surface area contributed by atoms with Gasteiger partial charge in [0.1, 0.15) is 0 Å². The first-order chi connectivity index (χ1) is 14.0.